The highest BCUT2D eigenvalue weighted by Gasteiger charge is 2.11. The first-order valence-corrected chi connectivity index (χ1v) is 10.5. The van der Waals surface area contributed by atoms with Gasteiger partial charge in [0.05, 0.1) is 6.54 Å². The van der Waals surface area contributed by atoms with Crippen molar-refractivity contribution in [3.63, 3.8) is 0 Å². The lowest BCUT2D eigenvalue weighted by atomic mass is 9.96. The maximum absolute atomic E-state index is 9.91. The topological polar surface area (TPSA) is 56.6 Å². The molecule has 1 unspecified atom stereocenters. The third-order valence-electron chi connectivity index (χ3n) is 5.15. The molecule has 0 amide bonds. The van der Waals surface area contributed by atoms with Crippen molar-refractivity contribution in [1.82, 2.24) is 10.6 Å². The quantitative estimate of drug-likeness (QED) is 0.307. The third kappa shape index (κ3) is 8.56. The first kappa shape index (κ1) is 24.6. The molecule has 0 spiro atoms. The van der Waals surface area contributed by atoms with Crippen LogP contribution < -0.4 is 10.6 Å². The van der Waals surface area contributed by atoms with Gasteiger partial charge in [0.25, 0.3) is 0 Å². The Morgan fingerprint density at radius 2 is 1.45 bits per heavy atom. The Morgan fingerprint density at radius 1 is 0.839 bits per heavy atom. The molecule has 0 saturated carbocycles. The van der Waals surface area contributed by atoms with E-state index in [2.05, 4.69) is 60.0 Å². The molecule has 164 valence electrons. The fourth-order valence-electron chi connectivity index (χ4n) is 3.30. The molecule has 1 atom stereocenters. The maximum atomic E-state index is 9.91. The average molecular weight is 482 g/mol. The predicted molar refractivity (Wildman–Crippen MR) is 135 cm³/mol. The number of nitrogens with one attached hydrogen (secondary N) is 2. The highest BCUT2D eigenvalue weighted by atomic mass is 79.9. The molecule has 0 heterocycles. The molecule has 3 rings (SSSR count). The molecule has 0 aliphatic carbocycles. The van der Waals surface area contributed by atoms with Gasteiger partial charge in [-0.05, 0) is 35.6 Å². The Labute approximate surface area is 196 Å². The largest absolute Gasteiger partial charge is 0.396 e. The normalized spacial score (nSPS) is 12.0. The lowest BCUT2D eigenvalue weighted by molar-refractivity contribution is 0.226. The minimum Gasteiger partial charge on any atom is -0.396 e. The number of rotatable bonds is 9. The summed E-state index contributed by atoms with van der Waals surface area (Å²) < 4.78 is 0. The molecule has 0 fully saturated rings. The lowest BCUT2D eigenvalue weighted by Crippen LogP contribution is -2.40. The fourth-order valence-corrected chi connectivity index (χ4v) is 3.30. The second-order valence-corrected chi connectivity index (χ2v) is 7.55. The second-order valence-electron chi connectivity index (χ2n) is 7.55. The number of benzene rings is 3. The summed E-state index contributed by atoms with van der Waals surface area (Å²) in [5.74, 6) is 0.873. The van der Waals surface area contributed by atoms with Crippen LogP contribution in [-0.2, 0) is 19.5 Å². The van der Waals surface area contributed by atoms with Crippen LogP contribution in [0.1, 0.15) is 22.3 Å². The van der Waals surface area contributed by atoms with Gasteiger partial charge in [0.15, 0.2) is 5.96 Å². The van der Waals surface area contributed by atoms with Crippen molar-refractivity contribution in [2.24, 2.45) is 10.9 Å². The molecule has 0 aliphatic heterocycles. The molecule has 0 aromatic heterocycles. The zero-order valence-electron chi connectivity index (χ0n) is 18.0. The standard InChI is InChI=1S/C26H31N3O.BrH/c1-21-10-8-9-15-25(21)16-24(20-30)19-29-26(27-17-22-11-4-2-5-12-22)28-18-23-13-6-3-7-14-23;/h2-15,24,30H,16-20H2,1H3,(H2,27,28,29);1H. The Hall–Kier alpha value is -2.63. The molecule has 3 aromatic carbocycles. The van der Waals surface area contributed by atoms with Crippen molar-refractivity contribution in [2.45, 2.75) is 26.4 Å². The number of guanidine groups is 1. The number of hydrogen-bond donors (Lipinski definition) is 3. The molecule has 5 heteroatoms. The third-order valence-corrected chi connectivity index (χ3v) is 5.15. The van der Waals surface area contributed by atoms with E-state index in [4.69, 9.17) is 4.99 Å². The Morgan fingerprint density at radius 3 is 2.10 bits per heavy atom. The number of aliphatic hydroxyl groups excluding tert-OH is 1. The van der Waals surface area contributed by atoms with E-state index in [1.54, 1.807) is 0 Å². The first-order valence-electron chi connectivity index (χ1n) is 10.5. The first-order chi connectivity index (χ1) is 14.7. The highest BCUT2D eigenvalue weighted by molar-refractivity contribution is 8.93. The van der Waals surface area contributed by atoms with Crippen molar-refractivity contribution in [3.05, 3.63) is 107 Å². The summed E-state index contributed by atoms with van der Waals surface area (Å²) in [5, 5.41) is 16.8. The van der Waals surface area contributed by atoms with Crippen molar-refractivity contribution in [3.8, 4) is 0 Å². The number of hydrogen-bond acceptors (Lipinski definition) is 2. The molecule has 3 N–H and O–H groups in total. The fraction of sp³-hybridized carbons (Fsp3) is 0.269. The van der Waals surface area contributed by atoms with Crippen LogP contribution in [0.4, 0.5) is 0 Å². The minimum absolute atomic E-state index is 0. The van der Waals surface area contributed by atoms with Gasteiger partial charge < -0.3 is 15.7 Å². The van der Waals surface area contributed by atoms with Gasteiger partial charge in [-0.15, -0.1) is 17.0 Å². The number of nitrogens with zero attached hydrogens (tertiary/aromatic N) is 1. The van der Waals surface area contributed by atoms with E-state index in [0.717, 1.165) is 17.9 Å². The van der Waals surface area contributed by atoms with E-state index in [0.29, 0.717) is 19.6 Å². The molecular formula is C26H32BrN3O. The van der Waals surface area contributed by atoms with Gasteiger partial charge in [-0.2, -0.15) is 0 Å². The summed E-state index contributed by atoms with van der Waals surface area (Å²) >= 11 is 0. The van der Waals surface area contributed by atoms with Gasteiger partial charge in [-0.3, -0.25) is 0 Å². The smallest absolute Gasteiger partial charge is 0.191 e. The van der Waals surface area contributed by atoms with Crippen LogP contribution in [0.25, 0.3) is 0 Å². The molecular weight excluding hydrogens is 450 g/mol. The summed E-state index contributed by atoms with van der Waals surface area (Å²) in [6, 6.07) is 28.9. The SMILES string of the molecule is Br.Cc1ccccc1CC(CO)CNC(=NCc1ccccc1)NCc1ccccc1. The number of halogens is 1. The van der Waals surface area contributed by atoms with E-state index in [9.17, 15) is 5.11 Å². The van der Waals surface area contributed by atoms with Gasteiger partial charge in [-0.25, -0.2) is 4.99 Å². The summed E-state index contributed by atoms with van der Waals surface area (Å²) in [6.07, 6.45) is 0.834. The summed E-state index contributed by atoms with van der Waals surface area (Å²) in [7, 11) is 0. The van der Waals surface area contributed by atoms with Gasteiger partial charge >= 0.3 is 0 Å². The predicted octanol–water partition coefficient (Wildman–Crippen LogP) is 4.66. The van der Waals surface area contributed by atoms with Crippen molar-refractivity contribution >= 4 is 22.9 Å². The van der Waals surface area contributed by atoms with Crippen LogP contribution in [-0.4, -0.2) is 24.2 Å². The highest BCUT2D eigenvalue weighted by Crippen LogP contribution is 2.13. The number of aliphatic hydroxyl groups is 1. The lowest BCUT2D eigenvalue weighted by Gasteiger charge is -2.19. The van der Waals surface area contributed by atoms with Crippen molar-refractivity contribution < 1.29 is 5.11 Å². The van der Waals surface area contributed by atoms with Crippen LogP contribution in [0.15, 0.2) is 89.9 Å². The summed E-state index contributed by atoms with van der Waals surface area (Å²) in [6.45, 7) is 4.20. The van der Waals surface area contributed by atoms with Crippen molar-refractivity contribution in [1.29, 1.82) is 0 Å². The number of aliphatic imine (C=N–C) groups is 1. The van der Waals surface area contributed by atoms with E-state index >= 15 is 0 Å². The van der Waals surface area contributed by atoms with Crippen LogP contribution in [0.2, 0.25) is 0 Å². The maximum Gasteiger partial charge on any atom is 0.191 e. The van der Waals surface area contributed by atoms with E-state index in [-0.39, 0.29) is 29.5 Å². The average Bonchev–Trinajstić information content (AvgIpc) is 2.80. The second kappa shape index (κ2) is 13.6. The Bertz CT molecular complexity index is 916. The van der Waals surface area contributed by atoms with Crippen molar-refractivity contribution in [2.75, 3.05) is 13.2 Å². The summed E-state index contributed by atoms with van der Waals surface area (Å²) in [5.41, 5.74) is 4.90. The minimum atomic E-state index is 0. The van der Waals surface area contributed by atoms with Gasteiger partial charge in [-0.1, -0.05) is 84.9 Å². The van der Waals surface area contributed by atoms with Crippen LogP contribution in [0.3, 0.4) is 0 Å². The number of aryl methyl sites for hydroxylation is 1. The molecule has 3 aromatic rings. The summed E-state index contributed by atoms with van der Waals surface area (Å²) in [4.78, 5) is 4.75. The van der Waals surface area contributed by atoms with E-state index < -0.39 is 0 Å². The molecule has 4 nitrogen and oxygen atoms in total. The van der Waals surface area contributed by atoms with E-state index in [1.165, 1.54) is 16.7 Å². The Balaban J connectivity index is 0.00000341. The van der Waals surface area contributed by atoms with Crippen LogP contribution in [0, 0.1) is 12.8 Å². The molecule has 0 aliphatic rings. The van der Waals surface area contributed by atoms with E-state index in [1.807, 2.05) is 42.5 Å². The van der Waals surface area contributed by atoms with Crippen LogP contribution in [0.5, 0.6) is 0 Å². The monoisotopic (exact) mass is 481 g/mol. The molecule has 31 heavy (non-hydrogen) atoms. The van der Waals surface area contributed by atoms with Gasteiger partial charge in [0.1, 0.15) is 0 Å². The molecule has 0 bridgehead atoms. The zero-order valence-corrected chi connectivity index (χ0v) is 19.7. The van der Waals surface area contributed by atoms with Gasteiger partial charge in [0, 0.05) is 25.6 Å². The zero-order chi connectivity index (χ0) is 21.0. The van der Waals surface area contributed by atoms with Gasteiger partial charge in [0.2, 0.25) is 0 Å². The molecule has 0 saturated heterocycles. The molecule has 0 radical (unpaired) electrons. The van der Waals surface area contributed by atoms with Crippen LogP contribution >= 0.6 is 17.0 Å². The Kier molecular flexibility index (Phi) is 10.8.